The van der Waals surface area contributed by atoms with Crippen molar-refractivity contribution in [1.29, 1.82) is 0 Å². The van der Waals surface area contributed by atoms with Crippen LogP contribution in [0.25, 0.3) is 22.5 Å². The van der Waals surface area contributed by atoms with Crippen molar-refractivity contribution < 1.29 is 114 Å². The molecule has 0 bridgehead atoms. The molecule has 1 aliphatic heterocycles. The SMILES string of the molecule is CC(C)NCCOCCOCCOCCNC(=O)CCOCCOCCOCCOCCNC(=O)CCC(=O)N1Cc2ccccc2-c2c(nnn2CCOCCOCCOCCOCCOCCOCCOCCOCCOCCOCCC(=O)NCCCCCCOP(O)(=S)OC(C)C)-c2ccccc21. The largest absolute Gasteiger partial charge is 0.379 e. The van der Waals surface area contributed by atoms with E-state index in [2.05, 4.69) is 45.4 Å². The fraction of sp³-hybridized carbons (Fsp3) is 0.753. The van der Waals surface area contributed by atoms with Crippen LogP contribution in [0.4, 0.5) is 5.69 Å². The minimum atomic E-state index is -3.16. The number of unbranched alkanes of at least 4 members (excludes halogenated alkanes) is 3. The van der Waals surface area contributed by atoms with Crippen LogP contribution in [0.5, 0.6) is 0 Å². The van der Waals surface area contributed by atoms with Crippen LogP contribution in [-0.2, 0) is 134 Å². The van der Waals surface area contributed by atoms with Gasteiger partial charge in [0.1, 0.15) is 5.69 Å². The lowest BCUT2D eigenvalue weighted by atomic mass is 9.95. The van der Waals surface area contributed by atoms with Gasteiger partial charge in [0, 0.05) is 69.0 Å². The standard InChI is InChI=1S/C73H125N8O24PS/c1-62(2)74-22-29-89-35-41-95-42-36-91-31-24-77-70(84)20-28-88-34-40-93-45-47-96-43-37-90-30-23-76-68(82)17-18-71(85)80-61-64-13-7-8-14-65(64)73-72(66-15-9-10-16-67(66)80)78-79-81(73)25-32-92-38-44-97-48-50-99-52-54-101-56-58-103-60-59-102-57-55-100-53-51-98-49-46-94-39-33-87-27-19-69(83)75-21-11-5-6-12-26-104-106(86,107)105-63(3)4/h7-10,13-16,62-63,74H,5-6,11-12,17-61H2,1-4H3,(H,75,83)(H,76,82)(H,77,84)(H,86,107). The van der Waals surface area contributed by atoms with Gasteiger partial charge in [-0.05, 0) is 50.1 Å². The second-order valence-corrected chi connectivity index (χ2v) is 27.4. The van der Waals surface area contributed by atoms with E-state index in [4.69, 9.17) is 101 Å². The molecule has 2 aromatic carbocycles. The average Bonchev–Trinajstić information content (AvgIpc) is 1.67. The number of ether oxygens (including phenoxy) is 17. The van der Waals surface area contributed by atoms with Crippen LogP contribution >= 0.6 is 6.72 Å². The molecule has 32 nitrogen and oxygen atoms in total. The molecule has 2 heterocycles. The summed E-state index contributed by atoms with van der Waals surface area (Å²) in [5.74, 6) is -0.608. The summed E-state index contributed by atoms with van der Waals surface area (Å²) in [7, 11) is 0. The second kappa shape index (κ2) is 64.9. The van der Waals surface area contributed by atoms with Gasteiger partial charge in [0.05, 0.1) is 262 Å². The van der Waals surface area contributed by atoms with Crippen LogP contribution in [0.3, 0.4) is 0 Å². The summed E-state index contributed by atoms with van der Waals surface area (Å²) in [5.41, 5.74) is 4.71. The van der Waals surface area contributed by atoms with Crippen molar-refractivity contribution in [2.75, 3.05) is 262 Å². The number of fused-ring (bicyclic) bond motifs is 5. The van der Waals surface area contributed by atoms with E-state index in [1.165, 1.54) is 0 Å². The molecule has 0 radical (unpaired) electrons. The number of carbonyl (C=O) groups excluding carboxylic acids is 4. The Morgan fingerprint density at radius 1 is 0.430 bits per heavy atom. The Morgan fingerprint density at radius 3 is 1.25 bits per heavy atom. The van der Waals surface area contributed by atoms with Gasteiger partial charge in [-0.1, -0.05) is 74.4 Å². The number of nitrogens with one attached hydrogen (secondary N) is 4. The fourth-order valence-electron chi connectivity index (χ4n) is 9.91. The molecule has 1 aromatic heterocycles. The van der Waals surface area contributed by atoms with Crippen LogP contribution in [-0.4, -0.2) is 313 Å². The molecule has 4 rings (SSSR count). The number of anilines is 1. The maximum absolute atomic E-state index is 14.0. The number of benzene rings is 2. The van der Waals surface area contributed by atoms with Gasteiger partial charge < -0.3 is 121 Å². The van der Waals surface area contributed by atoms with Gasteiger partial charge in [-0.3, -0.25) is 19.2 Å². The molecule has 0 aliphatic carbocycles. The minimum Gasteiger partial charge on any atom is -0.379 e. The quantitative estimate of drug-likeness (QED) is 0.0372. The Bertz CT molecular complexity index is 2770. The summed E-state index contributed by atoms with van der Waals surface area (Å²) in [4.78, 5) is 62.6. The summed E-state index contributed by atoms with van der Waals surface area (Å²) in [5, 5.41) is 21.0. The molecule has 4 amide bonds. The molecule has 107 heavy (non-hydrogen) atoms. The maximum Gasteiger partial charge on any atom is 0.324 e. The lowest BCUT2D eigenvalue weighted by Gasteiger charge is -2.28. The highest BCUT2D eigenvalue weighted by Crippen LogP contribution is 2.45. The molecular formula is C73H125N8O24PS. The number of hydrogen-bond acceptors (Lipinski definition) is 27. The van der Waals surface area contributed by atoms with E-state index in [0.717, 1.165) is 54.6 Å². The number of aromatic nitrogens is 3. The van der Waals surface area contributed by atoms with Crippen LogP contribution in [0.1, 0.15) is 84.6 Å². The summed E-state index contributed by atoms with van der Waals surface area (Å²) in [6, 6.07) is 16.0. The fourth-order valence-corrected chi connectivity index (χ4v) is 11.6. The first-order valence-electron chi connectivity index (χ1n) is 37.8. The van der Waals surface area contributed by atoms with Gasteiger partial charge in [-0.2, -0.15) is 0 Å². The van der Waals surface area contributed by atoms with Crippen molar-refractivity contribution in [2.45, 2.75) is 104 Å². The molecular weight excluding hydrogens is 1440 g/mol. The van der Waals surface area contributed by atoms with E-state index in [-0.39, 0.29) is 75.3 Å². The van der Waals surface area contributed by atoms with E-state index >= 15 is 0 Å². The van der Waals surface area contributed by atoms with E-state index in [0.29, 0.717) is 262 Å². The normalized spacial score (nSPS) is 12.6. The first-order valence-corrected chi connectivity index (χ1v) is 40.4. The highest BCUT2D eigenvalue weighted by molar-refractivity contribution is 8.07. The number of para-hydroxylation sites is 1. The zero-order valence-electron chi connectivity index (χ0n) is 63.9. The van der Waals surface area contributed by atoms with Crippen molar-refractivity contribution in [3.05, 3.63) is 54.1 Å². The van der Waals surface area contributed by atoms with Crippen LogP contribution < -0.4 is 26.2 Å². The van der Waals surface area contributed by atoms with E-state index in [1.807, 2.05) is 53.2 Å². The molecule has 3 aromatic rings. The summed E-state index contributed by atoms with van der Waals surface area (Å²) in [6.07, 6.45) is 3.82. The second-order valence-electron chi connectivity index (χ2n) is 24.6. The van der Waals surface area contributed by atoms with Gasteiger partial charge in [-0.15, -0.1) is 5.10 Å². The zero-order chi connectivity index (χ0) is 76.6. The molecule has 0 saturated heterocycles. The third kappa shape index (κ3) is 50.0. The van der Waals surface area contributed by atoms with Crippen LogP contribution in [0.15, 0.2) is 48.5 Å². The smallest absolute Gasteiger partial charge is 0.324 e. The van der Waals surface area contributed by atoms with Crippen molar-refractivity contribution in [1.82, 2.24) is 36.3 Å². The van der Waals surface area contributed by atoms with Gasteiger partial charge in [-0.25, -0.2) is 4.68 Å². The summed E-state index contributed by atoms with van der Waals surface area (Å²) < 4.78 is 107. The number of carbonyl (C=O) groups is 4. The Hall–Kier alpha value is -4.73. The van der Waals surface area contributed by atoms with E-state index in [9.17, 15) is 24.1 Å². The molecule has 0 saturated carbocycles. The third-order valence-corrected chi connectivity index (χ3v) is 17.0. The molecule has 0 spiro atoms. The first kappa shape index (κ1) is 94.6. The first-order chi connectivity index (χ1) is 52.3. The van der Waals surface area contributed by atoms with Crippen molar-refractivity contribution in [3.63, 3.8) is 0 Å². The number of amides is 4. The summed E-state index contributed by atoms with van der Waals surface area (Å²) in [6.45, 7) is 22.1. The molecule has 612 valence electrons. The van der Waals surface area contributed by atoms with E-state index < -0.39 is 6.72 Å². The van der Waals surface area contributed by atoms with Crippen molar-refractivity contribution in [3.8, 4) is 22.5 Å². The van der Waals surface area contributed by atoms with Gasteiger partial charge in [0.25, 0.3) is 0 Å². The molecule has 1 atom stereocenters. The Balaban J connectivity index is 0.893. The third-order valence-electron chi connectivity index (χ3n) is 15.2. The van der Waals surface area contributed by atoms with Crippen LogP contribution in [0.2, 0.25) is 0 Å². The molecule has 5 N–H and O–H groups in total. The zero-order valence-corrected chi connectivity index (χ0v) is 65.6. The highest BCUT2D eigenvalue weighted by Gasteiger charge is 2.29. The monoisotopic (exact) mass is 1560 g/mol. The minimum absolute atomic E-state index is 0.000154. The lowest BCUT2D eigenvalue weighted by Crippen LogP contribution is -2.34. The Kier molecular flexibility index (Phi) is 57.4. The Labute approximate surface area is 638 Å². The molecule has 1 aliphatic rings. The lowest BCUT2D eigenvalue weighted by molar-refractivity contribution is -0.125. The van der Waals surface area contributed by atoms with Crippen LogP contribution in [0, 0.1) is 0 Å². The average molecular weight is 1560 g/mol. The number of nitrogens with zero attached hydrogens (tertiary/aromatic N) is 4. The molecule has 1 unspecified atom stereocenters. The predicted molar refractivity (Wildman–Crippen MR) is 404 cm³/mol. The number of hydrogen-bond donors (Lipinski definition) is 5. The summed E-state index contributed by atoms with van der Waals surface area (Å²) >= 11 is 4.96. The molecule has 34 heteroatoms. The Morgan fingerprint density at radius 2 is 0.804 bits per heavy atom. The van der Waals surface area contributed by atoms with Gasteiger partial charge in [0.2, 0.25) is 23.6 Å². The van der Waals surface area contributed by atoms with E-state index in [1.54, 1.807) is 18.7 Å². The van der Waals surface area contributed by atoms with Crippen molar-refractivity contribution in [2.24, 2.45) is 0 Å². The van der Waals surface area contributed by atoms with Gasteiger partial charge in [0.15, 0.2) is 0 Å². The highest BCUT2D eigenvalue weighted by atomic mass is 32.5. The maximum atomic E-state index is 14.0. The molecule has 0 fully saturated rings. The topological polar surface area (TPSA) is 346 Å². The van der Waals surface area contributed by atoms with Gasteiger partial charge >= 0.3 is 6.72 Å². The number of rotatable bonds is 74. The predicted octanol–water partition coefficient (Wildman–Crippen LogP) is 4.87. The van der Waals surface area contributed by atoms with Crippen molar-refractivity contribution >= 4 is 47.8 Å².